The van der Waals surface area contributed by atoms with Gasteiger partial charge in [-0.2, -0.15) is 8.42 Å². The molecule has 0 spiro atoms. The number of ketones is 2. The fourth-order valence-electron chi connectivity index (χ4n) is 1.07. The molecule has 0 atom stereocenters. The lowest BCUT2D eigenvalue weighted by Crippen LogP contribution is -2.19. The summed E-state index contributed by atoms with van der Waals surface area (Å²) in [5.41, 5.74) is 0. The van der Waals surface area contributed by atoms with Gasteiger partial charge in [-0.25, -0.2) is 0 Å². The smallest absolute Gasteiger partial charge is 0.291 e. The van der Waals surface area contributed by atoms with Gasteiger partial charge >= 0.3 is 0 Å². The van der Waals surface area contributed by atoms with Gasteiger partial charge in [-0.15, -0.1) is 0 Å². The molecule has 1 N–H and O–H groups in total. The van der Waals surface area contributed by atoms with Crippen molar-refractivity contribution in [3.63, 3.8) is 0 Å². The number of rotatable bonds is 2. The zero-order chi connectivity index (χ0) is 10.2. The quantitative estimate of drug-likeness (QED) is 0.633. The third-order valence-corrected chi connectivity index (χ3v) is 2.55. The number of carbonyl (C=O) groups excluding carboxylic acids is 2. The standard InChI is InChI=1S/C7H7O5S/c1-4(13(10,11)12)7-5(8)2-3-6(7)9/h1-3H2,(H,10,11,12). The van der Waals surface area contributed by atoms with Crippen LogP contribution in [0.2, 0.25) is 0 Å². The Morgan fingerprint density at radius 3 is 1.92 bits per heavy atom. The number of carbonyl (C=O) groups is 2. The van der Waals surface area contributed by atoms with E-state index in [-0.39, 0.29) is 12.8 Å². The summed E-state index contributed by atoms with van der Waals surface area (Å²) in [5, 5.41) is 0. The second-order valence-electron chi connectivity index (χ2n) is 2.62. The number of Topliss-reactive ketones (excluding diaryl/α,β-unsaturated/α-hetero) is 2. The molecule has 1 saturated carbocycles. The van der Waals surface area contributed by atoms with Crippen molar-refractivity contribution in [1.82, 2.24) is 0 Å². The highest BCUT2D eigenvalue weighted by molar-refractivity contribution is 7.90. The van der Waals surface area contributed by atoms with Crippen LogP contribution < -0.4 is 0 Å². The van der Waals surface area contributed by atoms with Crippen molar-refractivity contribution < 1.29 is 22.6 Å². The van der Waals surface area contributed by atoms with Gasteiger partial charge in [-0.1, -0.05) is 6.58 Å². The molecule has 1 radical (unpaired) electrons. The molecule has 1 aliphatic rings. The van der Waals surface area contributed by atoms with Crippen molar-refractivity contribution in [2.45, 2.75) is 12.8 Å². The highest BCUT2D eigenvalue weighted by Gasteiger charge is 2.40. The monoisotopic (exact) mass is 203 g/mol. The molecule has 0 unspecified atom stereocenters. The van der Waals surface area contributed by atoms with E-state index in [0.29, 0.717) is 0 Å². The molecular weight excluding hydrogens is 196 g/mol. The molecule has 1 fully saturated rings. The predicted molar refractivity (Wildman–Crippen MR) is 43.2 cm³/mol. The summed E-state index contributed by atoms with van der Waals surface area (Å²) < 4.78 is 29.6. The van der Waals surface area contributed by atoms with Crippen molar-refractivity contribution in [1.29, 1.82) is 0 Å². The van der Waals surface area contributed by atoms with Crippen LogP contribution in [0.25, 0.3) is 0 Å². The van der Waals surface area contributed by atoms with Gasteiger partial charge in [0.15, 0.2) is 11.6 Å². The summed E-state index contributed by atoms with van der Waals surface area (Å²) in [5.74, 6) is -1.64. The van der Waals surface area contributed by atoms with Crippen LogP contribution in [-0.4, -0.2) is 24.5 Å². The molecule has 0 amide bonds. The van der Waals surface area contributed by atoms with Gasteiger partial charge < -0.3 is 0 Å². The summed E-state index contributed by atoms with van der Waals surface area (Å²) in [4.78, 5) is 21.2. The Kier molecular flexibility index (Phi) is 2.36. The molecule has 0 aromatic heterocycles. The Hall–Kier alpha value is -1.01. The normalized spacial score (nSPS) is 19.5. The minimum absolute atomic E-state index is 0.0112. The first-order valence-electron chi connectivity index (χ1n) is 3.44. The molecule has 1 rings (SSSR count). The second-order valence-corrected chi connectivity index (χ2v) is 4.06. The van der Waals surface area contributed by atoms with E-state index in [0.717, 1.165) is 0 Å². The van der Waals surface area contributed by atoms with Gasteiger partial charge in [0, 0.05) is 12.8 Å². The third-order valence-electron chi connectivity index (χ3n) is 1.73. The van der Waals surface area contributed by atoms with Crippen LogP contribution in [0.15, 0.2) is 11.5 Å². The molecule has 13 heavy (non-hydrogen) atoms. The Balaban J connectivity index is 3.02. The van der Waals surface area contributed by atoms with Gasteiger partial charge in [-0.3, -0.25) is 14.1 Å². The lowest BCUT2D eigenvalue weighted by Gasteiger charge is -2.05. The van der Waals surface area contributed by atoms with E-state index in [2.05, 4.69) is 6.58 Å². The largest absolute Gasteiger partial charge is 0.298 e. The van der Waals surface area contributed by atoms with E-state index in [1.165, 1.54) is 0 Å². The molecular formula is C7H7O5S. The van der Waals surface area contributed by atoms with Crippen molar-refractivity contribution in [3.05, 3.63) is 17.4 Å². The first-order chi connectivity index (χ1) is 5.84. The fraction of sp³-hybridized carbons (Fsp3) is 0.286. The average Bonchev–Trinajstić information content (AvgIpc) is 2.28. The van der Waals surface area contributed by atoms with E-state index >= 15 is 0 Å². The molecule has 0 aromatic carbocycles. The third kappa shape index (κ3) is 1.84. The number of hydrogen-bond acceptors (Lipinski definition) is 4. The van der Waals surface area contributed by atoms with E-state index in [1.54, 1.807) is 0 Å². The Morgan fingerprint density at radius 2 is 1.62 bits per heavy atom. The van der Waals surface area contributed by atoms with Crippen LogP contribution in [0.1, 0.15) is 12.8 Å². The van der Waals surface area contributed by atoms with Crippen molar-refractivity contribution >= 4 is 21.7 Å². The molecule has 0 bridgehead atoms. The molecule has 0 heterocycles. The van der Waals surface area contributed by atoms with E-state index in [4.69, 9.17) is 4.55 Å². The van der Waals surface area contributed by atoms with Crippen LogP contribution in [0.4, 0.5) is 0 Å². The fourth-order valence-corrected chi connectivity index (χ4v) is 1.56. The predicted octanol–water partition coefficient (Wildman–Crippen LogP) is -0.106. The van der Waals surface area contributed by atoms with E-state index in [9.17, 15) is 18.0 Å². The summed E-state index contributed by atoms with van der Waals surface area (Å²) in [6.45, 7) is 2.99. The second kappa shape index (κ2) is 3.04. The molecule has 0 aliphatic heterocycles. The number of allylic oxidation sites excluding steroid dienone is 1. The Bertz CT molecular complexity index is 362. The Morgan fingerprint density at radius 1 is 1.23 bits per heavy atom. The van der Waals surface area contributed by atoms with Crippen molar-refractivity contribution in [2.75, 3.05) is 0 Å². The van der Waals surface area contributed by atoms with Crippen LogP contribution in [0.5, 0.6) is 0 Å². The van der Waals surface area contributed by atoms with Gasteiger partial charge in [-0.05, 0) is 0 Å². The molecule has 1 aliphatic carbocycles. The number of hydrogen-bond donors (Lipinski definition) is 1. The maximum atomic E-state index is 11.0. The van der Waals surface area contributed by atoms with Crippen LogP contribution in [0, 0.1) is 5.92 Å². The average molecular weight is 203 g/mol. The first kappa shape index (κ1) is 10.1. The van der Waals surface area contributed by atoms with Crippen LogP contribution in [-0.2, 0) is 19.7 Å². The van der Waals surface area contributed by atoms with Crippen molar-refractivity contribution in [3.8, 4) is 0 Å². The molecule has 5 nitrogen and oxygen atoms in total. The molecule has 6 heteroatoms. The summed E-state index contributed by atoms with van der Waals surface area (Å²) in [6.07, 6.45) is -0.0224. The van der Waals surface area contributed by atoms with Crippen LogP contribution >= 0.6 is 0 Å². The lowest BCUT2D eigenvalue weighted by atomic mass is 10.1. The maximum absolute atomic E-state index is 11.0. The highest BCUT2D eigenvalue weighted by atomic mass is 32.2. The van der Waals surface area contributed by atoms with E-state index in [1.807, 2.05) is 0 Å². The van der Waals surface area contributed by atoms with Gasteiger partial charge in [0.05, 0.1) is 4.91 Å². The van der Waals surface area contributed by atoms with Gasteiger partial charge in [0.25, 0.3) is 10.1 Å². The first-order valence-corrected chi connectivity index (χ1v) is 4.88. The lowest BCUT2D eigenvalue weighted by molar-refractivity contribution is -0.118. The SMILES string of the molecule is C=C([C]1C(=O)CCC1=O)S(=O)(=O)O. The molecule has 71 valence electrons. The summed E-state index contributed by atoms with van der Waals surface area (Å²) in [6, 6.07) is 0. The van der Waals surface area contributed by atoms with Crippen LogP contribution in [0.3, 0.4) is 0 Å². The maximum Gasteiger partial charge on any atom is 0.291 e. The van der Waals surface area contributed by atoms with Crippen molar-refractivity contribution in [2.24, 2.45) is 0 Å². The zero-order valence-electron chi connectivity index (χ0n) is 6.61. The topological polar surface area (TPSA) is 88.5 Å². The van der Waals surface area contributed by atoms with E-state index < -0.39 is 32.5 Å². The summed E-state index contributed by atoms with van der Waals surface area (Å²) >= 11 is 0. The zero-order valence-corrected chi connectivity index (χ0v) is 7.43. The molecule has 0 saturated heterocycles. The summed E-state index contributed by atoms with van der Waals surface area (Å²) in [7, 11) is -4.53. The van der Waals surface area contributed by atoms with Gasteiger partial charge in [0.2, 0.25) is 0 Å². The minimum Gasteiger partial charge on any atom is -0.298 e. The Labute approximate surface area is 75.2 Å². The van der Waals surface area contributed by atoms with Gasteiger partial charge in [0.1, 0.15) is 5.92 Å². The highest BCUT2D eigenvalue weighted by Crippen LogP contribution is 2.28. The minimum atomic E-state index is -4.53. The molecule has 0 aromatic rings.